The highest BCUT2D eigenvalue weighted by atomic mass is 19.4. The van der Waals surface area contributed by atoms with E-state index in [4.69, 9.17) is 0 Å². The molecule has 2 N–H and O–H groups in total. The molecule has 3 aromatic heterocycles. The highest BCUT2D eigenvalue weighted by molar-refractivity contribution is 5.77. The molecule has 0 radical (unpaired) electrons. The maximum Gasteiger partial charge on any atom is 0.408 e. The minimum absolute atomic E-state index is 0.0355. The molecule has 0 saturated carbocycles. The first-order valence-electron chi connectivity index (χ1n) is 11.6. The third kappa shape index (κ3) is 4.90. The average molecular weight is 517 g/mol. The van der Waals surface area contributed by atoms with E-state index in [1.54, 1.807) is 6.07 Å². The first kappa shape index (κ1) is 24.8. The lowest BCUT2D eigenvalue weighted by molar-refractivity contribution is -0.144. The van der Waals surface area contributed by atoms with Gasteiger partial charge in [-0.25, -0.2) is 28.7 Å². The number of nitrogens with zero attached hydrogens (tertiary/aromatic N) is 6. The molecule has 194 valence electrons. The van der Waals surface area contributed by atoms with Crippen LogP contribution in [0.3, 0.4) is 0 Å². The van der Waals surface area contributed by atoms with Gasteiger partial charge in [0, 0.05) is 30.4 Å². The molecule has 0 saturated heterocycles. The maximum atomic E-state index is 14.8. The van der Waals surface area contributed by atoms with E-state index in [0.29, 0.717) is 23.5 Å². The second-order valence-corrected chi connectivity index (χ2v) is 9.86. The third-order valence-corrected chi connectivity index (χ3v) is 5.96. The van der Waals surface area contributed by atoms with Crippen LogP contribution in [0.15, 0.2) is 35.4 Å². The normalized spacial score (nSPS) is 14.1. The summed E-state index contributed by atoms with van der Waals surface area (Å²) in [5, 5.41) is 5.85. The molecule has 1 aliphatic heterocycles. The van der Waals surface area contributed by atoms with Crippen molar-refractivity contribution in [3.05, 3.63) is 63.7 Å². The summed E-state index contributed by atoms with van der Waals surface area (Å²) in [6, 6.07) is 4.49. The number of hydrogen-bond donors (Lipinski definition) is 2. The maximum absolute atomic E-state index is 14.8. The van der Waals surface area contributed by atoms with Gasteiger partial charge in [-0.05, 0) is 36.2 Å². The molecule has 1 aliphatic rings. The van der Waals surface area contributed by atoms with Crippen molar-refractivity contribution in [1.29, 1.82) is 0 Å². The van der Waals surface area contributed by atoms with Crippen molar-refractivity contribution in [3.63, 3.8) is 0 Å². The zero-order valence-electron chi connectivity index (χ0n) is 20.3. The van der Waals surface area contributed by atoms with Crippen LogP contribution >= 0.6 is 0 Å². The van der Waals surface area contributed by atoms with Crippen LogP contribution in [-0.2, 0) is 24.9 Å². The second kappa shape index (κ2) is 8.91. The molecule has 4 heterocycles. The summed E-state index contributed by atoms with van der Waals surface area (Å²) >= 11 is 0. The number of nitrogens with one attached hydrogen (secondary N) is 2. The van der Waals surface area contributed by atoms with Crippen molar-refractivity contribution in [3.8, 4) is 5.82 Å². The van der Waals surface area contributed by atoms with E-state index in [2.05, 4.69) is 30.6 Å². The van der Waals surface area contributed by atoms with Gasteiger partial charge in [0.1, 0.15) is 23.6 Å². The van der Waals surface area contributed by atoms with E-state index < -0.39 is 29.5 Å². The van der Waals surface area contributed by atoms with Gasteiger partial charge in [-0.2, -0.15) is 18.2 Å². The Morgan fingerprint density at radius 1 is 1.11 bits per heavy atom. The lowest BCUT2D eigenvalue weighted by Crippen LogP contribution is -2.31. The van der Waals surface area contributed by atoms with Crippen LogP contribution in [0.2, 0.25) is 0 Å². The Balaban J connectivity index is 1.66. The molecule has 1 aromatic carbocycles. The van der Waals surface area contributed by atoms with Crippen molar-refractivity contribution in [2.45, 2.75) is 51.9 Å². The topological polar surface area (TPSA) is 103 Å². The monoisotopic (exact) mass is 516 g/mol. The number of hydrogen-bond acceptors (Lipinski definition) is 7. The highest BCUT2D eigenvalue weighted by Crippen LogP contribution is 2.27. The predicted octanol–water partition coefficient (Wildman–Crippen LogP) is 3.76. The summed E-state index contributed by atoms with van der Waals surface area (Å²) in [4.78, 5) is 30.0. The van der Waals surface area contributed by atoms with E-state index in [-0.39, 0.29) is 28.5 Å². The standard InChI is InChI=1S/C24H24F4N8O/c1-23(2,3)21-30-7-5-18(33-21)36-19-15(20(37)35(36)12-24(26,27)28)11-31-22(34-19)32-17-9-13-4-6-29-10-14(13)8-16(17)25/h5,7-9,11,29H,4,6,10,12H2,1-3H3,(H,31,32,34). The first-order chi connectivity index (χ1) is 17.4. The number of halogens is 4. The van der Waals surface area contributed by atoms with Gasteiger partial charge in [0.15, 0.2) is 11.5 Å². The molecule has 0 bridgehead atoms. The molecule has 0 fully saturated rings. The second-order valence-electron chi connectivity index (χ2n) is 9.86. The van der Waals surface area contributed by atoms with E-state index >= 15 is 0 Å². The molecule has 0 atom stereocenters. The number of rotatable bonds is 4. The molecular formula is C24H24F4N8O. The Labute approximate surface area is 208 Å². The van der Waals surface area contributed by atoms with E-state index in [0.717, 1.165) is 28.6 Å². The lowest BCUT2D eigenvalue weighted by atomic mass is 9.96. The minimum atomic E-state index is -4.69. The third-order valence-electron chi connectivity index (χ3n) is 5.96. The molecule has 9 nitrogen and oxygen atoms in total. The van der Waals surface area contributed by atoms with Crippen LogP contribution in [0.25, 0.3) is 16.9 Å². The van der Waals surface area contributed by atoms with Crippen molar-refractivity contribution < 1.29 is 17.6 Å². The van der Waals surface area contributed by atoms with Gasteiger partial charge in [-0.1, -0.05) is 20.8 Å². The number of benzene rings is 1. The lowest BCUT2D eigenvalue weighted by Gasteiger charge is -2.19. The van der Waals surface area contributed by atoms with Gasteiger partial charge in [0.25, 0.3) is 5.56 Å². The molecular weight excluding hydrogens is 492 g/mol. The summed E-state index contributed by atoms with van der Waals surface area (Å²) in [6.07, 6.45) is -1.43. The van der Waals surface area contributed by atoms with Gasteiger partial charge in [-0.3, -0.25) is 4.79 Å². The van der Waals surface area contributed by atoms with Gasteiger partial charge >= 0.3 is 6.18 Å². The average Bonchev–Trinajstić information content (AvgIpc) is 3.08. The molecule has 5 rings (SSSR count). The van der Waals surface area contributed by atoms with Crippen LogP contribution in [0.4, 0.5) is 29.2 Å². The first-order valence-corrected chi connectivity index (χ1v) is 11.6. The Kier molecular flexibility index (Phi) is 5.97. The van der Waals surface area contributed by atoms with E-state index in [1.165, 1.54) is 18.3 Å². The predicted molar refractivity (Wildman–Crippen MR) is 129 cm³/mol. The Morgan fingerprint density at radius 2 is 1.89 bits per heavy atom. The summed E-state index contributed by atoms with van der Waals surface area (Å²) in [6.45, 7) is 5.33. The Bertz CT molecular complexity index is 1550. The van der Waals surface area contributed by atoms with Crippen LogP contribution in [0.5, 0.6) is 0 Å². The molecule has 0 aliphatic carbocycles. The van der Waals surface area contributed by atoms with Crippen LogP contribution in [-0.4, -0.2) is 42.0 Å². The van der Waals surface area contributed by atoms with Crippen molar-refractivity contribution in [2.75, 3.05) is 11.9 Å². The molecule has 0 amide bonds. The fraction of sp³-hybridized carbons (Fsp3) is 0.375. The van der Waals surface area contributed by atoms with Gasteiger partial charge in [0.05, 0.1) is 5.69 Å². The zero-order chi connectivity index (χ0) is 26.5. The van der Waals surface area contributed by atoms with Crippen molar-refractivity contribution >= 4 is 22.7 Å². The van der Waals surface area contributed by atoms with Gasteiger partial charge in [0.2, 0.25) is 5.95 Å². The van der Waals surface area contributed by atoms with E-state index in [9.17, 15) is 22.4 Å². The highest BCUT2D eigenvalue weighted by Gasteiger charge is 2.32. The minimum Gasteiger partial charge on any atom is -0.322 e. The van der Waals surface area contributed by atoms with Gasteiger partial charge < -0.3 is 10.6 Å². The zero-order valence-corrected chi connectivity index (χ0v) is 20.3. The summed E-state index contributed by atoms with van der Waals surface area (Å²) in [7, 11) is 0. The molecule has 13 heteroatoms. The smallest absolute Gasteiger partial charge is 0.322 e. The van der Waals surface area contributed by atoms with Crippen LogP contribution in [0, 0.1) is 5.82 Å². The van der Waals surface area contributed by atoms with Crippen molar-refractivity contribution in [1.82, 2.24) is 34.6 Å². The molecule has 0 unspecified atom stereocenters. The van der Waals surface area contributed by atoms with Crippen LogP contribution < -0.4 is 16.2 Å². The number of fused-ring (bicyclic) bond motifs is 2. The van der Waals surface area contributed by atoms with Gasteiger partial charge in [-0.15, -0.1) is 0 Å². The Hall–Kier alpha value is -3.87. The Morgan fingerprint density at radius 3 is 2.62 bits per heavy atom. The number of anilines is 2. The number of aromatic nitrogens is 6. The molecule has 37 heavy (non-hydrogen) atoms. The SMILES string of the molecule is CC(C)(C)c1nccc(-n2c3nc(Nc4cc5c(cc4F)CNCC5)ncc3c(=O)n2CC(F)(F)F)n1. The largest absolute Gasteiger partial charge is 0.408 e. The summed E-state index contributed by atoms with van der Waals surface area (Å²) in [5.74, 6) is -0.198. The molecule has 0 spiro atoms. The summed E-state index contributed by atoms with van der Waals surface area (Å²) in [5.41, 5.74) is 0.403. The number of alkyl halides is 3. The van der Waals surface area contributed by atoms with Crippen LogP contribution in [0.1, 0.15) is 37.7 Å². The van der Waals surface area contributed by atoms with Crippen molar-refractivity contribution in [2.24, 2.45) is 0 Å². The molecule has 4 aromatic rings. The van der Waals surface area contributed by atoms with E-state index in [1.807, 2.05) is 20.8 Å². The quantitative estimate of drug-likeness (QED) is 0.398. The fourth-order valence-electron chi connectivity index (χ4n) is 4.18. The fourth-order valence-corrected chi connectivity index (χ4v) is 4.18. The summed E-state index contributed by atoms with van der Waals surface area (Å²) < 4.78 is 56.7.